The van der Waals surface area contributed by atoms with Crippen LogP contribution in [0.3, 0.4) is 0 Å². The molecule has 6 heteroatoms. The van der Waals surface area contributed by atoms with Crippen molar-refractivity contribution in [3.63, 3.8) is 0 Å². The Labute approximate surface area is 146 Å². The zero-order chi connectivity index (χ0) is 18.4. The van der Waals surface area contributed by atoms with Crippen LogP contribution in [-0.2, 0) is 14.4 Å². The van der Waals surface area contributed by atoms with Crippen molar-refractivity contribution in [3.05, 3.63) is 60.2 Å². The minimum atomic E-state index is -1.12. The number of amides is 2. The second kappa shape index (κ2) is 8.10. The van der Waals surface area contributed by atoms with Crippen molar-refractivity contribution < 1.29 is 19.5 Å². The molecule has 2 aromatic carbocycles. The largest absolute Gasteiger partial charge is 0.480 e. The zero-order valence-corrected chi connectivity index (χ0v) is 14.2. The average molecular weight is 340 g/mol. The van der Waals surface area contributed by atoms with Gasteiger partial charge in [-0.25, -0.2) is 0 Å². The fourth-order valence-electron chi connectivity index (χ4n) is 2.40. The maximum Gasteiger partial charge on any atom is 0.323 e. The third-order valence-electron chi connectivity index (χ3n) is 3.68. The van der Waals surface area contributed by atoms with Gasteiger partial charge in [-0.05, 0) is 31.2 Å². The van der Waals surface area contributed by atoms with E-state index in [4.69, 9.17) is 5.11 Å². The lowest BCUT2D eigenvalue weighted by Gasteiger charge is -2.26. The molecule has 0 aliphatic carbocycles. The predicted octanol–water partition coefficient (Wildman–Crippen LogP) is 2.47. The molecule has 0 radical (unpaired) electrons. The molecule has 1 N–H and O–H groups in total. The number of carbonyl (C=O) groups is 3. The number of anilines is 2. The Morgan fingerprint density at radius 2 is 1.40 bits per heavy atom. The summed E-state index contributed by atoms with van der Waals surface area (Å²) in [4.78, 5) is 38.3. The van der Waals surface area contributed by atoms with E-state index in [1.807, 2.05) is 13.0 Å². The molecule has 0 aliphatic heterocycles. The molecule has 6 nitrogen and oxygen atoms in total. The third kappa shape index (κ3) is 4.91. The first-order valence-corrected chi connectivity index (χ1v) is 7.80. The molecule has 0 atom stereocenters. The summed E-state index contributed by atoms with van der Waals surface area (Å²) < 4.78 is 0. The van der Waals surface area contributed by atoms with E-state index in [1.54, 1.807) is 48.5 Å². The van der Waals surface area contributed by atoms with Crippen molar-refractivity contribution in [2.75, 3.05) is 22.9 Å². The number of carboxylic acid groups (broad SMARTS) is 1. The summed E-state index contributed by atoms with van der Waals surface area (Å²) in [5.41, 5.74) is 2.07. The van der Waals surface area contributed by atoms with Crippen LogP contribution < -0.4 is 9.80 Å². The molecule has 0 unspecified atom stereocenters. The molecule has 0 saturated carbocycles. The van der Waals surface area contributed by atoms with Gasteiger partial charge in [-0.15, -0.1) is 0 Å². The summed E-state index contributed by atoms with van der Waals surface area (Å²) in [6.07, 6.45) is 0. The SMILES string of the molecule is CC(=O)N(CC(=O)N(CC(=O)O)c1ccc(C)cc1)c1ccccc1. The Kier molecular flexibility index (Phi) is 5.89. The number of aliphatic carboxylic acids is 1. The molecular weight excluding hydrogens is 320 g/mol. The van der Waals surface area contributed by atoms with Crippen molar-refractivity contribution in [2.24, 2.45) is 0 Å². The summed E-state index contributed by atoms with van der Waals surface area (Å²) in [5.74, 6) is -1.88. The van der Waals surface area contributed by atoms with Gasteiger partial charge >= 0.3 is 5.97 Å². The van der Waals surface area contributed by atoms with E-state index in [9.17, 15) is 14.4 Å². The molecule has 2 aromatic rings. The van der Waals surface area contributed by atoms with Crippen molar-refractivity contribution in [1.82, 2.24) is 0 Å². The van der Waals surface area contributed by atoms with Gasteiger partial charge in [-0.2, -0.15) is 0 Å². The van der Waals surface area contributed by atoms with Gasteiger partial charge in [0.2, 0.25) is 11.8 Å². The Morgan fingerprint density at radius 3 is 1.92 bits per heavy atom. The van der Waals surface area contributed by atoms with Crippen LogP contribution in [0.1, 0.15) is 12.5 Å². The van der Waals surface area contributed by atoms with E-state index in [-0.39, 0.29) is 12.5 Å². The van der Waals surface area contributed by atoms with E-state index < -0.39 is 18.4 Å². The zero-order valence-electron chi connectivity index (χ0n) is 14.2. The van der Waals surface area contributed by atoms with E-state index in [0.29, 0.717) is 11.4 Å². The normalized spacial score (nSPS) is 10.2. The maximum absolute atomic E-state index is 12.7. The van der Waals surface area contributed by atoms with Gasteiger partial charge in [-0.1, -0.05) is 35.9 Å². The Hall–Kier alpha value is -3.15. The number of hydrogen-bond donors (Lipinski definition) is 1. The first-order chi connectivity index (χ1) is 11.9. The highest BCUT2D eigenvalue weighted by atomic mass is 16.4. The molecule has 0 aromatic heterocycles. The van der Waals surface area contributed by atoms with Crippen molar-refractivity contribution >= 4 is 29.2 Å². The number of nitrogens with zero attached hydrogens (tertiary/aromatic N) is 2. The van der Waals surface area contributed by atoms with Gasteiger partial charge < -0.3 is 10.0 Å². The van der Waals surface area contributed by atoms with Gasteiger partial charge in [0, 0.05) is 18.3 Å². The monoisotopic (exact) mass is 340 g/mol. The number of rotatable bonds is 6. The fraction of sp³-hybridized carbons (Fsp3) is 0.211. The lowest BCUT2D eigenvalue weighted by atomic mass is 10.2. The second-order valence-electron chi connectivity index (χ2n) is 5.65. The fourth-order valence-corrected chi connectivity index (χ4v) is 2.40. The summed E-state index contributed by atoms with van der Waals surface area (Å²) in [6, 6.07) is 15.8. The van der Waals surface area contributed by atoms with Crippen molar-refractivity contribution in [1.29, 1.82) is 0 Å². The number of hydrogen-bond acceptors (Lipinski definition) is 3. The Balaban J connectivity index is 2.27. The van der Waals surface area contributed by atoms with E-state index in [0.717, 1.165) is 5.56 Å². The number of carboxylic acids is 1. The first kappa shape index (κ1) is 18.2. The standard InChI is InChI=1S/C19H20N2O4/c1-14-8-10-17(11-9-14)21(13-19(24)25)18(23)12-20(15(2)22)16-6-4-3-5-7-16/h3-11H,12-13H2,1-2H3,(H,24,25). The minimum absolute atomic E-state index is 0.236. The Bertz CT molecular complexity index is 757. The van der Waals surface area contributed by atoms with Crippen molar-refractivity contribution in [3.8, 4) is 0 Å². The highest BCUT2D eigenvalue weighted by molar-refractivity contribution is 6.04. The molecular formula is C19H20N2O4. The highest BCUT2D eigenvalue weighted by Gasteiger charge is 2.23. The summed E-state index contributed by atoms with van der Waals surface area (Å²) in [7, 11) is 0. The van der Waals surface area contributed by atoms with Crippen LogP contribution in [0.25, 0.3) is 0 Å². The number of benzene rings is 2. The average Bonchev–Trinajstić information content (AvgIpc) is 2.58. The predicted molar refractivity (Wildman–Crippen MR) is 95.6 cm³/mol. The van der Waals surface area contributed by atoms with Gasteiger partial charge in [0.1, 0.15) is 13.1 Å². The molecule has 130 valence electrons. The summed E-state index contributed by atoms with van der Waals surface area (Å²) in [6.45, 7) is 2.57. The van der Waals surface area contributed by atoms with Gasteiger partial charge in [0.15, 0.2) is 0 Å². The lowest BCUT2D eigenvalue weighted by Crippen LogP contribution is -2.44. The third-order valence-corrected chi connectivity index (χ3v) is 3.68. The highest BCUT2D eigenvalue weighted by Crippen LogP contribution is 2.18. The second-order valence-corrected chi connectivity index (χ2v) is 5.65. The molecule has 0 bridgehead atoms. The molecule has 2 amide bonds. The van der Waals surface area contributed by atoms with Crippen LogP contribution >= 0.6 is 0 Å². The molecule has 2 rings (SSSR count). The summed E-state index contributed by atoms with van der Waals surface area (Å²) in [5, 5.41) is 9.13. The molecule has 0 aliphatic rings. The molecule has 0 fully saturated rings. The maximum atomic E-state index is 12.7. The summed E-state index contributed by atoms with van der Waals surface area (Å²) >= 11 is 0. The first-order valence-electron chi connectivity index (χ1n) is 7.80. The van der Waals surface area contributed by atoms with Crippen LogP contribution in [-0.4, -0.2) is 36.0 Å². The smallest absolute Gasteiger partial charge is 0.323 e. The van der Waals surface area contributed by atoms with Crippen LogP contribution in [0.15, 0.2) is 54.6 Å². The van der Waals surface area contributed by atoms with Crippen LogP contribution in [0.4, 0.5) is 11.4 Å². The van der Waals surface area contributed by atoms with Crippen LogP contribution in [0, 0.1) is 6.92 Å². The minimum Gasteiger partial charge on any atom is -0.480 e. The van der Waals surface area contributed by atoms with Gasteiger partial charge in [0.25, 0.3) is 0 Å². The van der Waals surface area contributed by atoms with Crippen molar-refractivity contribution in [2.45, 2.75) is 13.8 Å². The van der Waals surface area contributed by atoms with Crippen LogP contribution in [0.5, 0.6) is 0 Å². The number of para-hydroxylation sites is 1. The molecule has 0 spiro atoms. The Morgan fingerprint density at radius 1 is 0.840 bits per heavy atom. The quantitative estimate of drug-likeness (QED) is 0.876. The number of aryl methyl sites for hydroxylation is 1. The van der Waals surface area contributed by atoms with Gasteiger partial charge in [-0.3, -0.25) is 19.3 Å². The van der Waals surface area contributed by atoms with Crippen LogP contribution in [0.2, 0.25) is 0 Å². The molecule has 25 heavy (non-hydrogen) atoms. The van der Waals surface area contributed by atoms with E-state index >= 15 is 0 Å². The van der Waals surface area contributed by atoms with E-state index in [2.05, 4.69) is 0 Å². The molecule has 0 heterocycles. The molecule has 0 saturated heterocycles. The lowest BCUT2D eigenvalue weighted by molar-refractivity contribution is -0.136. The topological polar surface area (TPSA) is 77.9 Å². The number of carbonyl (C=O) groups excluding carboxylic acids is 2. The van der Waals surface area contributed by atoms with Gasteiger partial charge in [0.05, 0.1) is 0 Å². The van der Waals surface area contributed by atoms with E-state index in [1.165, 1.54) is 16.7 Å².